The molecule has 1 aromatic heterocycles. The fourth-order valence-corrected chi connectivity index (χ4v) is 1.63. The molecule has 1 rings (SSSR count). The predicted molar refractivity (Wildman–Crippen MR) is 60.3 cm³/mol. The second-order valence-corrected chi connectivity index (χ2v) is 4.85. The van der Waals surface area contributed by atoms with Gasteiger partial charge in [0.15, 0.2) is 5.78 Å². The minimum Gasteiger partial charge on any atom is -0.313 e. The van der Waals surface area contributed by atoms with Crippen molar-refractivity contribution in [1.29, 1.82) is 0 Å². The maximum absolute atomic E-state index is 11.7. The highest BCUT2D eigenvalue weighted by Crippen LogP contribution is 1.88. The van der Waals surface area contributed by atoms with Crippen molar-refractivity contribution in [1.82, 2.24) is 9.55 Å². The van der Waals surface area contributed by atoms with Crippen LogP contribution in [0.5, 0.6) is 0 Å². The minimum atomic E-state index is -1.10. The third kappa shape index (κ3) is 2.75. The molecule has 0 aliphatic rings. The number of H-pyrrole nitrogens is 1. The summed E-state index contributed by atoms with van der Waals surface area (Å²) in [5.74, 6) is -0.211. The summed E-state index contributed by atoms with van der Waals surface area (Å²) in [6, 6.07) is 0. The topological polar surface area (TPSA) is 89.0 Å². The average molecular weight is 244 g/mol. The van der Waals surface area contributed by atoms with Gasteiger partial charge in [0.05, 0.1) is 5.56 Å². The van der Waals surface area contributed by atoms with E-state index in [9.17, 15) is 18.6 Å². The summed E-state index contributed by atoms with van der Waals surface area (Å²) in [4.78, 5) is 36.4. The molecule has 1 unspecified atom stereocenters. The molecule has 0 amide bonds. The Labute approximate surface area is 93.8 Å². The monoisotopic (exact) mass is 244 g/mol. The van der Waals surface area contributed by atoms with E-state index in [1.807, 2.05) is 0 Å². The summed E-state index contributed by atoms with van der Waals surface area (Å²) >= 11 is 0. The first kappa shape index (κ1) is 12.6. The summed E-state index contributed by atoms with van der Waals surface area (Å²) in [7, 11) is -1.10. The molecule has 1 aromatic rings. The Kier molecular flexibility index (Phi) is 3.94. The smallest absolute Gasteiger partial charge is 0.313 e. The zero-order valence-corrected chi connectivity index (χ0v) is 9.80. The summed E-state index contributed by atoms with van der Waals surface area (Å²) in [5.41, 5.74) is -1.30. The molecule has 0 radical (unpaired) electrons. The molecule has 0 aromatic carbocycles. The van der Waals surface area contributed by atoms with Crippen molar-refractivity contribution in [3.8, 4) is 0 Å². The number of nitrogens with zero attached hydrogens (tertiary/aromatic N) is 1. The second kappa shape index (κ2) is 5.02. The first-order valence-electron chi connectivity index (χ1n) is 4.57. The van der Waals surface area contributed by atoms with Gasteiger partial charge in [0.25, 0.3) is 5.56 Å². The third-order valence-electron chi connectivity index (χ3n) is 2.04. The number of hydrogen-bond donors (Lipinski definition) is 1. The van der Waals surface area contributed by atoms with E-state index in [0.717, 1.165) is 10.8 Å². The third-order valence-corrected chi connectivity index (χ3v) is 2.80. The Morgan fingerprint density at radius 2 is 2.12 bits per heavy atom. The van der Waals surface area contributed by atoms with Gasteiger partial charge in [-0.2, -0.15) is 0 Å². The highest BCUT2D eigenvalue weighted by molar-refractivity contribution is 7.84. The van der Waals surface area contributed by atoms with Gasteiger partial charge < -0.3 is 4.98 Å². The summed E-state index contributed by atoms with van der Waals surface area (Å²) in [5, 5.41) is 0. The number of ketones is 1. The van der Waals surface area contributed by atoms with Crippen LogP contribution in [-0.4, -0.2) is 31.6 Å². The maximum Gasteiger partial charge on any atom is 0.328 e. The van der Waals surface area contributed by atoms with Crippen molar-refractivity contribution >= 4 is 16.6 Å². The van der Waals surface area contributed by atoms with Gasteiger partial charge in [0.1, 0.15) is 0 Å². The van der Waals surface area contributed by atoms with Crippen molar-refractivity contribution in [3.63, 3.8) is 0 Å². The quantitative estimate of drug-likeness (QED) is 0.696. The highest BCUT2D eigenvalue weighted by atomic mass is 32.2. The number of hydrogen-bond acceptors (Lipinski definition) is 4. The molecule has 0 bridgehead atoms. The molecule has 0 spiro atoms. The van der Waals surface area contributed by atoms with Crippen molar-refractivity contribution < 1.29 is 9.00 Å². The van der Waals surface area contributed by atoms with Crippen LogP contribution >= 0.6 is 0 Å². The number of aromatic amines is 1. The van der Waals surface area contributed by atoms with Crippen LogP contribution < -0.4 is 11.2 Å². The first-order valence-corrected chi connectivity index (χ1v) is 6.29. The molecule has 1 N–H and O–H groups in total. The molecule has 0 saturated carbocycles. The van der Waals surface area contributed by atoms with Crippen LogP contribution in [0.2, 0.25) is 0 Å². The molecular formula is C9H12N2O4S. The number of Topliss-reactive ketones (excluding diaryl/α,β-unsaturated/α-hetero) is 1. The van der Waals surface area contributed by atoms with Crippen LogP contribution in [0.15, 0.2) is 15.8 Å². The Hall–Kier alpha value is -1.50. The Morgan fingerprint density at radius 3 is 2.62 bits per heavy atom. The van der Waals surface area contributed by atoms with Crippen LogP contribution in [-0.2, 0) is 17.3 Å². The van der Waals surface area contributed by atoms with E-state index in [4.69, 9.17) is 0 Å². The number of nitrogens with one attached hydrogen (secondary N) is 1. The summed E-state index contributed by atoms with van der Waals surface area (Å²) in [6.07, 6.45) is 2.58. The van der Waals surface area contributed by atoms with E-state index in [1.54, 1.807) is 0 Å². The fourth-order valence-electron chi connectivity index (χ4n) is 1.19. The molecule has 6 nitrogen and oxygen atoms in total. The van der Waals surface area contributed by atoms with E-state index in [-0.39, 0.29) is 17.9 Å². The van der Waals surface area contributed by atoms with Gasteiger partial charge in [-0.25, -0.2) is 4.79 Å². The van der Waals surface area contributed by atoms with E-state index < -0.39 is 27.8 Å². The lowest BCUT2D eigenvalue weighted by atomic mass is 10.2. The van der Waals surface area contributed by atoms with Crippen LogP contribution in [0.4, 0.5) is 0 Å². The van der Waals surface area contributed by atoms with Crippen LogP contribution in [0.25, 0.3) is 0 Å². The lowest BCUT2D eigenvalue weighted by molar-refractivity contribution is 0.101. The van der Waals surface area contributed by atoms with Crippen molar-refractivity contribution in [3.05, 3.63) is 32.6 Å². The normalized spacial score (nSPS) is 12.4. The van der Waals surface area contributed by atoms with Gasteiger partial charge in [-0.15, -0.1) is 0 Å². The molecule has 0 aliphatic heterocycles. The Bertz CT molecular complexity index is 543. The summed E-state index contributed by atoms with van der Waals surface area (Å²) in [6.45, 7) is 1.29. The summed E-state index contributed by atoms with van der Waals surface area (Å²) < 4.78 is 11.8. The second-order valence-electron chi connectivity index (χ2n) is 3.30. The lowest BCUT2D eigenvalue weighted by Crippen LogP contribution is -2.38. The Balaban J connectivity index is 3.22. The first-order chi connectivity index (χ1) is 7.43. The van der Waals surface area contributed by atoms with E-state index in [1.165, 1.54) is 13.2 Å². The zero-order chi connectivity index (χ0) is 12.3. The maximum atomic E-state index is 11.7. The van der Waals surface area contributed by atoms with E-state index in [0.29, 0.717) is 0 Å². The highest BCUT2D eigenvalue weighted by Gasteiger charge is 2.10. The molecule has 1 heterocycles. The average Bonchev–Trinajstić information content (AvgIpc) is 2.16. The molecule has 0 saturated heterocycles. The van der Waals surface area contributed by atoms with Crippen molar-refractivity contribution in [2.24, 2.45) is 0 Å². The number of rotatable bonds is 4. The van der Waals surface area contributed by atoms with Gasteiger partial charge >= 0.3 is 5.69 Å². The van der Waals surface area contributed by atoms with Gasteiger partial charge in [-0.1, -0.05) is 0 Å². The molecule has 88 valence electrons. The van der Waals surface area contributed by atoms with Gasteiger partial charge in [-0.05, 0) is 6.92 Å². The largest absolute Gasteiger partial charge is 0.328 e. The van der Waals surface area contributed by atoms with Crippen LogP contribution in [0.3, 0.4) is 0 Å². The molecule has 0 aliphatic carbocycles. The molecule has 7 heteroatoms. The Morgan fingerprint density at radius 1 is 1.50 bits per heavy atom. The molecule has 1 atom stereocenters. The van der Waals surface area contributed by atoms with Crippen LogP contribution in [0, 0.1) is 0 Å². The molecular weight excluding hydrogens is 232 g/mol. The van der Waals surface area contributed by atoms with Crippen molar-refractivity contribution in [2.45, 2.75) is 13.5 Å². The fraction of sp³-hybridized carbons (Fsp3) is 0.444. The van der Waals surface area contributed by atoms with Crippen molar-refractivity contribution in [2.75, 3.05) is 12.0 Å². The van der Waals surface area contributed by atoms with Gasteiger partial charge in [0.2, 0.25) is 0 Å². The number of carbonyl (C=O) groups is 1. The number of carbonyl (C=O) groups excluding carboxylic acids is 1. The lowest BCUT2D eigenvalue weighted by Gasteiger charge is -2.03. The minimum absolute atomic E-state index is 0.0401. The van der Waals surface area contributed by atoms with E-state index >= 15 is 0 Å². The predicted octanol–water partition coefficient (Wildman–Crippen LogP) is -0.882. The SMILES string of the molecule is CC(=O)c1c[nH]c(=O)n(CCS(C)=O)c1=O. The van der Waals surface area contributed by atoms with Crippen LogP contribution in [0.1, 0.15) is 17.3 Å². The van der Waals surface area contributed by atoms with Gasteiger partial charge in [0, 0.05) is 35.5 Å². The molecule has 0 fully saturated rings. The van der Waals surface area contributed by atoms with E-state index in [2.05, 4.69) is 4.98 Å². The number of aromatic nitrogens is 2. The zero-order valence-electron chi connectivity index (χ0n) is 8.98. The molecule has 16 heavy (non-hydrogen) atoms. The van der Waals surface area contributed by atoms with Gasteiger partial charge in [-0.3, -0.25) is 18.4 Å². The standard InChI is InChI=1S/C9H12N2O4S/c1-6(12)7-5-10-9(14)11(8(7)13)3-4-16(2)15/h5H,3-4H2,1-2H3,(H,10,14).